The highest BCUT2D eigenvalue weighted by Gasteiger charge is 2.60. The smallest absolute Gasteiger partial charge is 0.157 e. The third kappa shape index (κ3) is 0.578. The number of fused-ring (bicyclic) bond motifs is 1. The summed E-state index contributed by atoms with van der Waals surface area (Å²) in [7, 11) is 0. The average Bonchev–Trinajstić information content (AvgIpc) is 2.65. The van der Waals surface area contributed by atoms with E-state index in [1.54, 1.807) is 0 Å². The molecule has 1 saturated carbocycles. The van der Waals surface area contributed by atoms with Crippen LogP contribution in [0.15, 0.2) is 0 Å². The summed E-state index contributed by atoms with van der Waals surface area (Å²) >= 11 is 0. The minimum absolute atomic E-state index is 0.127. The summed E-state index contributed by atoms with van der Waals surface area (Å²) in [6, 6.07) is 0. The molecule has 2 fully saturated rings. The zero-order chi connectivity index (χ0) is 7.19. The SMILES string of the molecule is C#C[C@@]12O[C@@H]1CCC[C@@H]2C. The molecule has 1 nitrogen and oxygen atoms in total. The topological polar surface area (TPSA) is 12.5 Å². The van der Waals surface area contributed by atoms with Gasteiger partial charge in [-0.15, -0.1) is 6.42 Å². The highest BCUT2D eigenvalue weighted by molar-refractivity contribution is 5.25. The minimum atomic E-state index is -0.127. The maximum absolute atomic E-state index is 5.49. The quantitative estimate of drug-likeness (QED) is 0.364. The molecular formula is C9H12O. The molecule has 2 rings (SSSR count). The Labute approximate surface area is 61.8 Å². The largest absolute Gasteiger partial charge is 0.352 e. The molecule has 1 aliphatic heterocycles. The Kier molecular flexibility index (Phi) is 1.10. The third-order valence-electron chi connectivity index (χ3n) is 2.82. The molecule has 54 valence electrons. The van der Waals surface area contributed by atoms with Crippen molar-refractivity contribution in [2.45, 2.75) is 37.9 Å². The van der Waals surface area contributed by atoms with E-state index in [1.807, 2.05) is 0 Å². The number of hydrogen-bond acceptors (Lipinski definition) is 1. The van der Waals surface area contributed by atoms with E-state index < -0.39 is 0 Å². The molecule has 0 amide bonds. The summed E-state index contributed by atoms with van der Waals surface area (Å²) in [5.41, 5.74) is -0.127. The summed E-state index contributed by atoms with van der Waals surface area (Å²) in [6.07, 6.45) is 9.50. The van der Waals surface area contributed by atoms with Gasteiger partial charge < -0.3 is 4.74 Å². The highest BCUT2D eigenvalue weighted by atomic mass is 16.6. The first-order valence-electron chi connectivity index (χ1n) is 3.95. The fourth-order valence-corrected chi connectivity index (χ4v) is 2.00. The number of hydrogen-bond donors (Lipinski definition) is 0. The minimum Gasteiger partial charge on any atom is -0.352 e. The first-order valence-corrected chi connectivity index (χ1v) is 3.95. The van der Waals surface area contributed by atoms with Crippen LogP contribution in [-0.2, 0) is 4.74 Å². The van der Waals surface area contributed by atoms with Crippen molar-refractivity contribution in [2.75, 3.05) is 0 Å². The Morgan fingerprint density at radius 3 is 2.90 bits per heavy atom. The van der Waals surface area contributed by atoms with Crippen molar-refractivity contribution in [3.05, 3.63) is 0 Å². The Bertz CT molecular complexity index is 191. The Morgan fingerprint density at radius 2 is 2.40 bits per heavy atom. The van der Waals surface area contributed by atoms with E-state index in [9.17, 15) is 0 Å². The van der Waals surface area contributed by atoms with Gasteiger partial charge in [0.15, 0.2) is 5.60 Å². The van der Waals surface area contributed by atoms with Crippen LogP contribution in [0.3, 0.4) is 0 Å². The predicted molar refractivity (Wildman–Crippen MR) is 39.5 cm³/mol. The molecule has 10 heavy (non-hydrogen) atoms. The van der Waals surface area contributed by atoms with Gasteiger partial charge in [0, 0.05) is 0 Å². The molecule has 1 saturated heterocycles. The maximum atomic E-state index is 5.49. The second-order valence-electron chi connectivity index (χ2n) is 3.38. The molecule has 1 aliphatic carbocycles. The molecule has 0 unspecified atom stereocenters. The van der Waals surface area contributed by atoms with Gasteiger partial charge in [-0.2, -0.15) is 0 Å². The molecule has 0 aromatic heterocycles. The van der Waals surface area contributed by atoms with Crippen LogP contribution in [0.5, 0.6) is 0 Å². The molecule has 0 bridgehead atoms. The number of ether oxygens (including phenoxy) is 1. The van der Waals surface area contributed by atoms with Crippen LogP contribution < -0.4 is 0 Å². The Morgan fingerprint density at radius 1 is 1.60 bits per heavy atom. The molecule has 0 radical (unpaired) electrons. The van der Waals surface area contributed by atoms with Crippen LogP contribution in [0, 0.1) is 18.3 Å². The summed E-state index contributed by atoms with van der Waals surface area (Å²) in [6.45, 7) is 2.19. The average molecular weight is 136 g/mol. The lowest BCUT2D eigenvalue weighted by molar-refractivity contribution is 0.280. The van der Waals surface area contributed by atoms with E-state index >= 15 is 0 Å². The van der Waals surface area contributed by atoms with Crippen molar-refractivity contribution in [2.24, 2.45) is 5.92 Å². The van der Waals surface area contributed by atoms with Crippen LogP contribution in [0.1, 0.15) is 26.2 Å². The molecule has 1 heterocycles. The van der Waals surface area contributed by atoms with Gasteiger partial charge in [0.1, 0.15) is 6.10 Å². The summed E-state index contributed by atoms with van der Waals surface area (Å²) < 4.78 is 5.49. The van der Waals surface area contributed by atoms with Gasteiger partial charge in [-0.3, -0.25) is 0 Å². The van der Waals surface area contributed by atoms with Crippen LogP contribution in [0.4, 0.5) is 0 Å². The third-order valence-corrected chi connectivity index (χ3v) is 2.82. The lowest BCUT2D eigenvalue weighted by Crippen LogP contribution is -2.26. The fourth-order valence-electron chi connectivity index (χ4n) is 2.00. The number of terminal acetylenes is 1. The van der Waals surface area contributed by atoms with Crippen LogP contribution in [0.25, 0.3) is 0 Å². The van der Waals surface area contributed by atoms with E-state index in [0.29, 0.717) is 12.0 Å². The molecule has 3 atom stereocenters. The van der Waals surface area contributed by atoms with Crippen molar-refractivity contribution in [3.8, 4) is 12.3 Å². The number of rotatable bonds is 0. The fraction of sp³-hybridized carbons (Fsp3) is 0.778. The molecule has 0 spiro atoms. The summed E-state index contributed by atoms with van der Waals surface area (Å²) in [5.74, 6) is 3.36. The monoisotopic (exact) mass is 136 g/mol. The summed E-state index contributed by atoms with van der Waals surface area (Å²) in [5, 5.41) is 0. The lowest BCUT2D eigenvalue weighted by atomic mass is 9.81. The second-order valence-corrected chi connectivity index (χ2v) is 3.38. The van der Waals surface area contributed by atoms with Gasteiger partial charge in [-0.05, 0) is 18.8 Å². The molecule has 2 aliphatic rings. The van der Waals surface area contributed by atoms with Gasteiger partial charge in [0.2, 0.25) is 0 Å². The van der Waals surface area contributed by atoms with Gasteiger partial charge in [-0.25, -0.2) is 0 Å². The Balaban J connectivity index is 2.19. The number of epoxide rings is 1. The van der Waals surface area contributed by atoms with E-state index in [1.165, 1.54) is 19.3 Å². The van der Waals surface area contributed by atoms with Crippen molar-refractivity contribution in [1.29, 1.82) is 0 Å². The first-order chi connectivity index (χ1) is 4.79. The highest BCUT2D eigenvalue weighted by Crippen LogP contribution is 2.50. The predicted octanol–water partition coefficient (Wildman–Crippen LogP) is 1.58. The van der Waals surface area contributed by atoms with E-state index in [2.05, 4.69) is 12.8 Å². The normalized spacial score (nSPS) is 51.2. The molecule has 0 aromatic carbocycles. The van der Waals surface area contributed by atoms with Crippen LogP contribution >= 0.6 is 0 Å². The van der Waals surface area contributed by atoms with Gasteiger partial charge in [0.05, 0.1) is 0 Å². The second kappa shape index (κ2) is 1.77. The lowest BCUT2D eigenvalue weighted by Gasteiger charge is -2.19. The summed E-state index contributed by atoms with van der Waals surface area (Å²) in [4.78, 5) is 0. The zero-order valence-corrected chi connectivity index (χ0v) is 6.26. The van der Waals surface area contributed by atoms with Crippen molar-refractivity contribution < 1.29 is 4.74 Å². The Hall–Kier alpha value is -0.480. The van der Waals surface area contributed by atoms with Crippen LogP contribution in [0.2, 0.25) is 0 Å². The maximum Gasteiger partial charge on any atom is 0.157 e. The van der Waals surface area contributed by atoms with Crippen molar-refractivity contribution in [1.82, 2.24) is 0 Å². The molecular weight excluding hydrogens is 124 g/mol. The molecule has 0 N–H and O–H groups in total. The first kappa shape index (κ1) is 6.24. The van der Waals surface area contributed by atoms with Crippen molar-refractivity contribution in [3.63, 3.8) is 0 Å². The van der Waals surface area contributed by atoms with Gasteiger partial charge >= 0.3 is 0 Å². The van der Waals surface area contributed by atoms with E-state index in [4.69, 9.17) is 11.2 Å². The van der Waals surface area contributed by atoms with E-state index in [-0.39, 0.29) is 5.60 Å². The van der Waals surface area contributed by atoms with Gasteiger partial charge in [0.25, 0.3) is 0 Å². The van der Waals surface area contributed by atoms with E-state index in [0.717, 1.165) is 0 Å². The molecule has 1 heteroatoms. The van der Waals surface area contributed by atoms with Crippen molar-refractivity contribution >= 4 is 0 Å². The van der Waals surface area contributed by atoms with Crippen LogP contribution in [-0.4, -0.2) is 11.7 Å². The van der Waals surface area contributed by atoms with Gasteiger partial charge in [-0.1, -0.05) is 19.3 Å². The standard InChI is InChI=1S/C9H12O/c1-3-9-7(2)5-4-6-8(9)10-9/h1,7-8H,4-6H2,2H3/t7-,8+,9-/m0/s1. The zero-order valence-electron chi connectivity index (χ0n) is 6.26. The molecule has 0 aromatic rings.